The number of hydrogen-bond acceptors (Lipinski definition) is 5. The summed E-state index contributed by atoms with van der Waals surface area (Å²) in [7, 11) is 1.62. The van der Waals surface area contributed by atoms with Crippen molar-refractivity contribution in [2.45, 2.75) is 5.16 Å². The van der Waals surface area contributed by atoms with Gasteiger partial charge in [0.1, 0.15) is 5.75 Å². The predicted molar refractivity (Wildman–Crippen MR) is 101 cm³/mol. The van der Waals surface area contributed by atoms with Gasteiger partial charge in [-0.3, -0.25) is 9.36 Å². The topological polar surface area (TPSA) is 79.9 Å². The molecule has 0 unspecified atom stereocenters. The SMILES string of the molecule is COc1cccc(-n2ccnc2SCC(=O)Nc2cccc(C#N)c2)c1. The molecule has 0 aliphatic heterocycles. The first-order valence-electron chi connectivity index (χ1n) is 7.80. The van der Waals surface area contributed by atoms with Crippen molar-refractivity contribution < 1.29 is 9.53 Å². The summed E-state index contributed by atoms with van der Waals surface area (Å²) in [6.45, 7) is 0. The van der Waals surface area contributed by atoms with Crippen LogP contribution in [0.25, 0.3) is 5.69 Å². The Labute approximate surface area is 155 Å². The van der Waals surface area contributed by atoms with Gasteiger partial charge in [0.05, 0.1) is 30.2 Å². The van der Waals surface area contributed by atoms with E-state index in [0.717, 1.165) is 11.4 Å². The van der Waals surface area contributed by atoms with E-state index in [1.165, 1.54) is 11.8 Å². The fourth-order valence-electron chi connectivity index (χ4n) is 2.35. The molecule has 3 rings (SSSR count). The monoisotopic (exact) mass is 364 g/mol. The van der Waals surface area contributed by atoms with Crippen molar-refractivity contribution in [1.82, 2.24) is 9.55 Å². The maximum absolute atomic E-state index is 12.2. The molecule has 0 aliphatic rings. The number of methoxy groups -OCH3 is 1. The number of benzene rings is 2. The van der Waals surface area contributed by atoms with Crippen LogP contribution in [-0.4, -0.2) is 28.3 Å². The summed E-state index contributed by atoms with van der Waals surface area (Å²) >= 11 is 1.33. The van der Waals surface area contributed by atoms with Crippen molar-refractivity contribution in [1.29, 1.82) is 5.26 Å². The van der Waals surface area contributed by atoms with Crippen LogP contribution in [0.2, 0.25) is 0 Å². The highest BCUT2D eigenvalue weighted by molar-refractivity contribution is 7.99. The molecule has 0 aliphatic carbocycles. The van der Waals surface area contributed by atoms with Crippen molar-refractivity contribution in [3.63, 3.8) is 0 Å². The first-order valence-corrected chi connectivity index (χ1v) is 8.79. The lowest BCUT2D eigenvalue weighted by Crippen LogP contribution is -2.14. The summed E-state index contributed by atoms with van der Waals surface area (Å²) in [6, 6.07) is 16.5. The van der Waals surface area contributed by atoms with Crippen LogP contribution >= 0.6 is 11.8 Å². The van der Waals surface area contributed by atoms with Gasteiger partial charge in [0, 0.05) is 24.1 Å². The third-order valence-corrected chi connectivity index (χ3v) is 4.51. The lowest BCUT2D eigenvalue weighted by Gasteiger charge is -2.09. The Morgan fingerprint density at radius 1 is 1.31 bits per heavy atom. The van der Waals surface area contributed by atoms with Crippen molar-refractivity contribution >= 4 is 23.4 Å². The fourth-order valence-corrected chi connectivity index (χ4v) is 3.12. The second-order valence-corrected chi connectivity index (χ2v) is 6.25. The molecular weight excluding hydrogens is 348 g/mol. The Hall–Kier alpha value is -3.24. The van der Waals surface area contributed by atoms with E-state index < -0.39 is 0 Å². The molecule has 0 bridgehead atoms. The summed E-state index contributed by atoms with van der Waals surface area (Å²) < 4.78 is 7.15. The van der Waals surface area contributed by atoms with Crippen molar-refractivity contribution in [3.05, 3.63) is 66.5 Å². The molecule has 1 aromatic heterocycles. The van der Waals surface area contributed by atoms with Gasteiger partial charge in [0.25, 0.3) is 0 Å². The van der Waals surface area contributed by atoms with Gasteiger partial charge in [0.2, 0.25) is 5.91 Å². The molecule has 1 heterocycles. The standard InChI is InChI=1S/C19H16N4O2S/c1-25-17-7-3-6-16(11-17)23-9-8-21-19(23)26-13-18(24)22-15-5-2-4-14(10-15)12-20/h2-11H,13H2,1H3,(H,22,24). The third-order valence-electron chi connectivity index (χ3n) is 3.55. The number of imidazole rings is 1. The molecule has 1 amide bonds. The summed E-state index contributed by atoms with van der Waals surface area (Å²) in [5, 5.41) is 12.4. The molecule has 3 aromatic rings. The Bertz CT molecular complexity index is 962. The summed E-state index contributed by atoms with van der Waals surface area (Å²) in [4.78, 5) is 16.5. The second kappa shape index (κ2) is 8.23. The summed E-state index contributed by atoms with van der Waals surface area (Å²) in [5.41, 5.74) is 2.02. The third kappa shape index (κ3) is 4.23. The fraction of sp³-hybridized carbons (Fsp3) is 0.105. The molecule has 1 N–H and O–H groups in total. The van der Waals surface area contributed by atoms with Gasteiger partial charge in [0.15, 0.2) is 5.16 Å². The number of anilines is 1. The lowest BCUT2D eigenvalue weighted by molar-refractivity contribution is -0.113. The second-order valence-electron chi connectivity index (χ2n) is 5.31. The van der Waals surface area contributed by atoms with Gasteiger partial charge in [-0.1, -0.05) is 23.9 Å². The highest BCUT2D eigenvalue weighted by Gasteiger charge is 2.10. The Balaban J connectivity index is 1.66. The van der Waals surface area contributed by atoms with Gasteiger partial charge in [-0.15, -0.1) is 0 Å². The minimum absolute atomic E-state index is 0.162. The molecule has 6 nitrogen and oxygen atoms in total. The molecule has 26 heavy (non-hydrogen) atoms. The maximum Gasteiger partial charge on any atom is 0.234 e. The van der Waals surface area contributed by atoms with Crippen LogP contribution in [0.15, 0.2) is 66.1 Å². The van der Waals surface area contributed by atoms with E-state index in [1.807, 2.05) is 41.1 Å². The minimum Gasteiger partial charge on any atom is -0.497 e. The zero-order valence-electron chi connectivity index (χ0n) is 14.0. The van der Waals surface area contributed by atoms with Gasteiger partial charge < -0.3 is 10.1 Å². The van der Waals surface area contributed by atoms with E-state index in [4.69, 9.17) is 10.00 Å². The van der Waals surface area contributed by atoms with E-state index in [-0.39, 0.29) is 11.7 Å². The molecular formula is C19H16N4O2S. The Morgan fingerprint density at radius 3 is 2.96 bits per heavy atom. The number of nitrogens with one attached hydrogen (secondary N) is 1. The number of nitrogens with zero attached hydrogens (tertiary/aromatic N) is 3. The van der Waals surface area contributed by atoms with E-state index in [0.29, 0.717) is 16.4 Å². The number of carbonyl (C=O) groups excluding carboxylic acids is 1. The van der Waals surface area contributed by atoms with Gasteiger partial charge >= 0.3 is 0 Å². The number of nitriles is 1. The highest BCUT2D eigenvalue weighted by Crippen LogP contribution is 2.23. The van der Waals surface area contributed by atoms with E-state index in [9.17, 15) is 4.79 Å². The molecule has 0 saturated carbocycles. The van der Waals surface area contributed by atoms with Crippen molar-refractivity contribution in [2.24, 2.45) is 0 Å². The number of rotatable bonds is 6. The van der Waals surface area contributed by atoms with Crippen LogP contribution < -0.4 is 10.1 Å². The summed E-state index contributed by atoms with van der Waals surface area (Å²) in [5.74, 6) is 0.796. The summed E-state index contributed by atoms with van der Waals surface area (Å²) in [6.07, 6.45) is 3.53. The van der Waals surface area contributed by atoms with Crippen LogP contribution in [0, 0.1) is 11.3 Å². The van der Waals surface area contributed by atoms with E-state index in [2.05, 4.69) is 10.3 Å². The highest BCUT2D eigenvalue weighted by atomic mass is 32.2. The average molecular weight is 364 g/mol. The first-order chi connectivity index (χ1) is 12.7. The molecule has 0 radical (unpaired) electrons. The predicted octanol–water partition coefficient (Wildman–Crippen LogP) is 3.48. The average Bonchev–Trinajstić information content (AvgIpc) is 3.15. The number of ether oxygens (including phenoxy) is 1. The van der Waals surface area contributed by atoms with Crippen LogP contribution in [-0.2, 0) is 4.79 Å². The maximum atomic E-state index is 12.2. The molecule has 7 heteroatoms. The largest absolute Gasteiger partial charge is 0.497 e. The van der Waals surface area contributed by atoms with Gasteiger partial charge in [-0.05, 0) is 30.3 Å². The Morgan fingerprint density at radius 2 is 2.15 bits per heavy atom. The van der Waals surface area contributed by atoms with Crippen molar-refractivity contribution in [3.8, 4) is 17.5 Å². The van der Waals surface area contributed by atoms with E-state index in [1.54, 1.807) is 37.6 Å². The van der Waals surface area contributed by atoms with Crippen LogP contribution in [0.1, 0.15) is 5.56 Å². The zero-order chi connectivity index (χ0) is 18.4. The molecule has 0 spiro atoms. The van der Waals surface area contributed by atoms with Crippen molar-refractivity contribution in [2.75, 3.05) is 18.2 Å². The Kier molecular flexibility index (Phi) is 5.56. The van der Waals surface area contributed by atoms with Crippen LogP contribution in [0.5, 0.6) is 5.75 Å². The first kappa shape index (κ1) is 17.6. The minimum atomic E-state index is -0.162. The molecule has 0 atom stereocenters. The number of carbonyl (C=O) groups is 1. The molecule has 0 saturated heterocycles. The van der Waals surface area contributed by atoms with Crippen LogP contribution in [0.3, 0.4) is 0 Å². The smallest absolute Gasteiger partial charge is 0.234 e. The van der Waals surface area contributed by atoms with Crippen LogP contribution in [0.4, 0.5) is 5.69 Å². The number of thioether (sulfide) groups is 1. The number of hydrogen-bond donors (Lipinski definition) is 1. The zero-order valence-corrected chi connectivity index (χ0v) is 14.9. The van der Waals surface area contributed by atoms with Gasteiger partial charge in [-0.2, -0.15) is 5.26 Å². The van der Waals surface area contributed by atoms with E-state index >= 15 is 0 Å². The quantitative estimate of drug-likeness (QED) is 0.677. The lowest BCUT2D eigenvalue weighted by atomic mass is 10.2. The molecule has 0 fully saturated rings. The normalized spacial score (nSPS) is 10.2. The van der Waals surface area contributed by atoms with Gasteiger partial charge in [-0.25, -0.2) is 4.98 Å². The number of amides is 1. The molecule has 2 aromatic carbocycles. The molecule has 130 valence electrons. The number of aromatic nitrogens is 2.